The van der Waals surface area contributed by atoms with E-state index in [2.05, 4.69) is 5.32 Å². The average Bonchev–Trinajstić information content (AvgIpc) is 2.16. The molecule has 1 aliphatic rings. The minimum atomic E-state index is -0.317. The number of alkyl halides is 1. The molecule has 0 aliphatic carbocycles. The van der Waals surface area contributed by atoms with Crippen LogP contribution in [-0.2, 0) is 9.53 Å². The second kappa shape index (κ2) is 5.38. The minimum Gasteiger partial charge on any atom is -0.464 e. The first kappa shape index (κ1) is 9.81. The molecule has 12 heavy (non-hydrogen) atoms. The number of carbonyl (C=O) groups excluding carboxylic acids is 1. The fourth-order valence-corrected chi connectivity index (χ4v) is 1.39. The molecule has 1 heterocycles. The van der Waals surface area contributed by atoms with E-state index in [1.54, 1.807) is 0 Å². The van der Waals surface area contributed by atoms with Crippen LogP contribution in [0.25, 0.3) is 0 Å². The first-order valence-corrected chi connectivity index (χ1v) is 4.78. The highest BCUT2D eigenvalue weighted by Gasteiger charge is 2.14. The summed E-state index contributed by atoms with van der Waals surface area (Å²) >= 11 is 5.28. The van der Waals surface area contributed by atoms with Gasteiger partial charge in [0.15, 0.2) is 0 Å². The molecule has 0 aromatic rings. The Morgan fingerprint density at radius 1 is 1.67 bits per heavy atom. The van der Waals surface area contributed by atoms with Crippen molar-refractivity contribution in [1.82, 2.24) is 5.32 Å². The Kier molecular flexibility index (Phi) is 4.40. The molecule has 1 N–H and O–H groups in total. The van der Waals surface area contributed by atoms with Gasteiger partial charge < -0.3 is 10.1 Å². The van der Waals surface area contributed by atoms with E-state index in [4.69, 9.17) is 16.3 Å². The number of ether oxygens (including phenoxy) is 1. The zero-order valence-electron chi connectivity index (χ0n) is 7.01. The van der Waals surface area contributed by atoms with Crippen LogP contribution in [0.2, 0.25) is 0 Å². The Hall–Kier alpha value is -0.280. The van der Waals surface area contributed by atoms with Gasteiger partial charge in [0, 0.05) is 12.5 Å². The van der Waals surface area contributed by atoms with Crippen LogP contribution < -0.4 is 5.32 Å². The van der Waals surface area contributed by atoms with E-state index >= 15 is 0 Å². The lowest BCUT2D eigenvalue weighted by Crippen LogP contribution is -2.32. The van der Waals surface area contributed by atoms with Crippen LogP contribution in [0.3, 0.4) is 0 Å². The average molecular weight is 192 g/mol. The highest BCUT2D eigenvalue weighted by atomic mass is 35.5. The van der Waals surface area contributed by atoms with Gasteiger partial charge in [-0.25, -0.2) is 0 Å². The van der Waals surface area contributed by atoms with E-state index in [0.29, 0.717) is 12.5 Å². The highest BCUT2D eigenvalue weighted by Crippen LogP contribution is 2.09. The Bertz CT molecular complexity index is 146. The van der Waals surface area contributed by atoms with Gasteiger partial charge in [-0.05, 0) is 19.4 Å². The molecule has 1 rings (SSSR count). The van der Waals surface area contributed by atoms with Crippen LogP contribution in [0.15, 0.2) is 0 Å². The minimum absolute atomic E-state index is 0.0415. The number of esters is 1. The number of rotatable bonds is 3. The van der Waals surface area contributed by atoms with Crippen LogP contribution in [0, 0.1) is 5.92 Å². The summed E-state index contributed by atoms with van der Waals surface area (Å²) in [5, 5.41) is 3.25. The highest BCUT2D eigenvalue weighted by molar-refractivity contribution is 6.26. The topological polar surface area (TPSA) is 38.3 Å². The second-order valence-electron chi connectivity index (χ2n) is 3.03. The lowest BCUT2D eigenvalue weighted by molar-refractivity contribution is -0.142. The maximum atomic E-state index is 10.7. The monoisotopic (exact) mass is 191 g/mol. The summed E-state index contributed by atoms with van der Waals surface area (Å²) in [6, 6.07) is 0. The number of hydrogen-bond donors (Lipinski definition) is 1. The lowest BCUT2D eigenvalue weighted by Gasteiger charge is -2.21. The molecule has 1 saturated heterocycles. The molecule has 1 unspecified atom stereocenters. The zero-order chi connectivity index (χ0) is 8.81. The molecule has 0 bridgehead atoms. The van der Waals surface area contributed by atoms with Crippen molar-refractivity contribution >= 4 is 17.6 Å². The first-order valence-electron chi connectivity index (χ1n) is 4.25. The van der Waals surface area contributed by atoms with Crippen molar-refractivity contribution < 1.29 is 9.53 Å². The maximum absolute atomic E-state index is 10.7. The third-order valence-corrected chi connectivity index (χ3v) is 2.21. The standard InChI is InChI=1S/C8H14ClNO2/c9-4-8(11)12-6-7-2-1-3-10-5-7/h7,10H,1-6H2. The molecular formula is C8H14ClNO2. The molecule has 70 valence electrons. The van der Waals surface area contributed by atoms with Gasteiger partial charge >= 0.3 is 5.97 Å². The van der Waals surface area contributed by atoms with Crippen molar-refractivity contribution in [2.75, 3.05) is 25.6 Å². The van der Waals surface area contributed by atoms with Gasteiger partial charge in [0.2, 0.25) is 0 Å². The SMILES string of the molecule is O=C(CCl)OCC1CCCNC1. The Morgan fingerprint density at radius 3 is 3.08 bits per heavy atom. The number of halogens is 1. The summed E-state index contributed by atoms with van der Waals surface area (Å²) in [4.78, 5) is 10.7. The van der Waals surface area contributed by atoms with Crippen LogP contribution in [0.1, 0.15) is 12.8 Å². The third kappa shape index (κ3) is 3.41. The van der Waals surface area contributed by atoms with Gasteiger partial charge in [-0.3, -0.25) is 4.79 Å². The number of carbonyl (C=O) groups is 1. The Labute approximate surface area is 77.4 Å². The van der Waals surface area contributed by atoms with Crippen molar-refractivity contribution in [2.24, 2.45) is 5.92 Å². The van der Waals surface area contributed by atoms with Gasteiger partial charge in [0.1, 0.15) is 5.88 Å². The van der Waals surface area contributed by atoms with Crippen LogP contribution in [0.4, 0.5) is 0 Å². The Balaban J connectivity index is 2.09. The van der Waals surface area contributed by atoms with E-state index in [1.807, 2.05) is 0 Å². The Morgan fingerprint density at radius 2 is 2.50 bits per heavy atom. The van der Waals surface area contributed by atoms with Crippen molar-refractivity contribution in [2.45, 2.75) is 12.8 Å². The third-order valence-electron chi connectivity index (χ3n) is 1.99. The quantitative estimate of drug-likeness (QED) is 0.529. The molecule has 0 spiro atoms. The van der Waals surface area contributed by atoms with Gasteiger partial charge in [0.05, 0.1) is 6.61 Å². The van der Waals surface area contributed by atoms with E-state index in [9.17, 15) is 4.79 Å². The van der Waals surface area contributed by atoms with Crippen molar-refractivity contribution in [3.63, 3.8) is 0 Å². The largest absolute Gasteiger partial charge is 0.464 e. The summed E-state index contributed by atoms with van der Waals surface area (Å²) in [5.41, 5.74) is 0. The number of piperidine rings is 1. The maximum Gasteiger partial charge on any atom is 0.320 e. The molecule has 1 fully saturated rings. The van der Waals surface area contributed by atoms with Gasteiger partial charge in [-0.15, -0.1) is 11.6 Å². The van der Waals surface area contributed by atoms with Gasteiger partial charge in [-0.1, -0.05) is 0 Å². The van der Waals surface area contributed by atoms with Crippen LogP contribution in [0.5, 0.6) is 0 Å². The molecule has 0 radical (unpaired) electrons. The molecule has 3 nitrogen and oxygen atoms in total. The predicted molar refractivity (Wildman–Crippen MR) is 47.3 cm³/mol. The molecule has 0 saturated carbocycles. The van der Waals surface area contributed by atoms with Crippen molar-refractivity contribution in [3.05, 3.63) is 0 Å². The van der Waals surface area contributed by atoms with Crippen molar-refractivity contribution in [3.8, 4) is 0 Å². The smallest absolute Gasteiger partial charge is 0.320 e. The summed E-state index contributed by atoms with van der Waals surface area (Å²) < 4.78 is 4.92. The van der Waals surface area contributed by atoms with Gasteiger partial charge in [-0.2, -0.15) is 0 Å². The molecule has 0 aromatic heterocycles. The first-order chi connectivity index (χ1) is 5.83. The second-order valence-corrected chi connectivity index (χ2v) is 3.30. The fraction of sp³-hybridized carbons (Fsp3) is 0.875. The fourth-order valence-electron chi connectivity index (χ4n) is 1.32. The van der Waals surface area contributed by atoms with Gasteiger partial charge in [0.25, 0.3) is 0 Å². The van der Waals surface area contributed by atoms with Crippen molar-refractivity contribution in [1.29, 1.82) is 0 Å². The molecule has 1 aliphatic heterocycles. The van der Waals surface area contributed by atoms with E-state index in [-0.39, 0.29) is 11.8 Å². The van der Waals surface area contributed by atoms with Crippen LogP contribution in [-0.4, -0.2) is 31.5 Å². The molecule has 4 heteroatoms. The van der Waals surface area contributed by atoms with Crippen LogP contribution >= 0.6 is 11.6 Å². The number of hydrogen-bond acceptors (Lipinski definition) is 3. The summed E-state index contributed by atoms with van der Waals surface area (Å²) in [6.45, 7) is 2.55. The summed E-state index contributed by atoms with van der Waals surface area (Å²) in [5.74, 6) is 0.119. The van der Waals surface area contributed by atoms with E-state index < -0.39 is 0 Å². The summed E-state index contributed by atoms with van der Waals surface area (Å²) in [7, 11) is 0. The van der Waals surface area contributed by atoms with E-state index in [1.165, 1.54) is 6.42 Å². The summed E-state index contributed by atoms with van der Waals surface area (Å²) in [6.07, 6.45) is 2.31. The van der Waals surface area contributed by atoms with E-state index in [0.717, 1.165) is 19.5 Å². The molecule has 0 amide bonds. The zero-order valence-corrected chi connectivity index (χ0v) is 7.77. The lowest BCUT2D eigenvalue weighted by atomic mass is 10.0. The molecule has 1 atom stereocenters. The predicted octanol–water partition coefficient (Wildman–Crippen LogP) is 0.768. The normalized spacial score (nSPS) is 23.6. The number of nitrogens with one attached hydrogen (secondary N) is 1. The molecule has 0 aromatic carbocycles. The molecular weight excluding hydrogens is 178 g/mol.